The van der Waals surface area contributed by atoms with Gasteiger partial charge in [0.1, 0.15) is 5.60 Å². The standard InChI is InChI=1S/C14H15ClIN3O3/c1-7-17-12(19-22-7)8-5-10(16)11(6-9(8)15)18-13(20)21-14(2,3)4/h5-6H,1-4H3,(H,18,20). The van der Waals surface area contributed by atoms with Crippen molar-refractivity contribution in [1.29, 1.82) is 0 Å². The van der Waals surface area contributed by atoms with Crippen molar-refractivity contribution < 1.29 is 14.1 Å². The molecular weight excluding hydrogens is 421 g/mol. The van der Waals surface area contributed by atoms with Gasteiger partial charge in [-0.05, 0) is 55.5 Å². The molecular formula is C14H15ClIN3O3. The number of rotatable bonds is 2. The highest BCUT2D eigenvalue weighted by atomic mass is 127. The number of hydrogen-bond donors (Lipinski definition) is 1. The van der Waals surface area contributed by atoms with Crippen molar-refractivity contribution in [3.8, 4) is 11.4 Å². The summed E-state index contributed by atoms with van der Waals surface area (Å²) in [6.45, 7) is 7.10. The van der Waals surface area contributed by atoms with E-state index in [-0.39, 0.29) is 0 Å². The molecule has 1 heterocycles. The van der Waals surface area contributed by atoms with Gasteiger partial charge in [0.2, 0.25) is 11.7 Å². The minimum absolute atomic E-state index is 0.407. The van der Waals surface area contributed by atoms with Crippen molar-refractivity contribution in [2.45, 2.75) is 33.3 Å². The van der Waals surface area contributed by atoms with E-state index < -0.39 is 11.7 Å². The summed E-state index contributed by atoms with van der Waals surface area (Å²) in [5.41, 5.74) is 0.628. The number of halogens is 2. The van der Waals surface area contributed by atoms with Crippen molar-refractivity contribution in [3.05, 3.63) is 26.6 Å². The van der Waals surface area contributed by atoms with Gasteiger partial charge in [-0.2, -0.15) is 4.98 Å². The number of anilines is 1. The summed E-state index contributed by atoms with van der Waals surface area (Å²) in [4.78, 5) is 16.0. The van der Waals surface area contributed by atoms with Crippen molar-refractivity contribution >= 4 is 46.0 Å². The van der Waals surface area contributed by atoms with E-state index in [1.807, 2.05) is 0 Å². The molecule has 8 heteroatoms. The van der Waals surface area contributed by atoms with Crippen LogP contribution in [0.3, 0.4) is 0 Å². The Morgan fingerprint density at radius 2 is 2.09 bits per heavy atom. The Hall–Kier alpha value is -1.35. The fourth-order valence-corrected chi connectivity index (χ4v) is 2.49. The van der Waals surface area contributed by atoms with Crippen LogP contribution in [-0.4, -0.2) is 21.8 Å². The third kappa shape index (κ3) is 4.33. The van der Waals surface area contributed by atoms with E-state index in [1.54, 1.807) is 39.8 Å². The lowest BCUT2D eigenvalue weighted by Gasteiger charge is -2.20. The number of aromatic nitrogens is 2. The molecule has 0 spiro atoms. The lowest BCUT2D eigenvalue weighted by atomic mass is 10.2. The molecule has 0 aliphatic heterocycles. The zero-order valence-corrected chi connectivity index (χ0v) is 15.4. The number of hydrogen-bond acceptors (Lipinski definition) is 5. The van der Waals surface area contributed by atoms with Crippen LogP contribution in [0.4, 0.5) is 10.5 Å². The van der Waals surface area contributed by atoms with Crippen molar-refractivity contribution in [3.63, 3.8) is 0 Å². The Morgan fingerprint density at radius 3 is 2.64 bits per heavy atom. The largest absolute Gasteiger partial charge is 0.444 e. The quantitative estimate of drug-likeness (QED) is 0.695. The van der Waals surface area contributed by atoms with Crippen LogP contribution in [0.1, 0.15) is 26.7 Å². The molecule has 1 N–H and O–H groups in total. The molecule has 0 saturated carbocycles. The summed E-state index contributed by atoms with van der Waals surface area (Å²) >= 11 is 8.34. The van der Waals surface area contributed by atoms with E-state index in [2.05, 4.69) is 38.0 Å². The lowest BCUT2D eigenvalue weighted by Crippen LogP contribution is -2.27. The Bertz CT molecular complexity index is 710. The van der Waals surface area contributed by atoms with Gasteiger partial charge in [-0.25, -0.2) is 4.79 Å². The second-order valence-corrected chi connectivity index (χ2v) is 7.15. The van der Waals surface area contributed by atoms with Crippen LogP contribution < -0.4 is 5.32 Å². The van der Waals surface area contributed by atoms with Gasteiger partial charge in [0.15, 0.2) is 0 Å². The number of carbonyl (C=O) groups excluding carboxylic acids is 1. The molecule has 0 atom stereocenters. The molecule has 0 unspecified atom stereocenters. The van der Waals surface area contributed by atoms with Gasteiger partial charge in [-0.1, -0.05) is 16.8 Å². The van der Waals surface area contributed by atoms with Crippen LogP contribution in [-0.2, 0) is 4.74 Å². The Balaban J connectivity index is 2.25. The maximum atomic E-state index is 11.8. The highest BCUT2D eigenvalue weighted by molar-refractivity contribution is 14.1. The maximum Gasteiger partial charge on any atom is 0.412 e. The fourth-order valence-electron chi connectivity index (χ4n) is 1.64. The first-order valence-electron chi connectivity index (χ1n) is 6.45. The van der Waals surface area contributed by atoms with Crippen LogP contribution in [0.2, 0.25) is 5.02 Å². The lowest BCUT2D eigenvalue weighted by molar-refractivity contribution is 0.0636. The smallest absolute Gasteiger partial charge is 0.412 e. The minimum Gasteiger partial charge on any atom is -0.444 e. The van der Waals surface area contributed by atoms with E-state index in [4.69, 9.17) is 20.9 Å². The molecule has 1 amide bonds. The number of benzene rings is 1. The number of nitrogens with one attached hydrogen (secondary N) is 1. The van der Waals surface area contributed by atoms with E-state index in [0.29, 0.717) is 28.0 Å². The van der Waals surface area contributed by atoms with Crippen molar-refractivity contribution in [2.75, 3.05) is 5.32 Å². The molecule has 0 aliphatic rings. The van der Waals surface area contributed by atoms with E-state index in [1.165, 1.54) is 0 Å². The zero-order chi connectivity index (χ0) is 16.5. The molecule has 0 fully saturated rings. The number of aryl methyl sites for hydroxylation is 1. The average Bonchev–Trinajstić information content (AvgIpc) is 2.77. The highest BCUT2D eigenvalue weighted by Crippen LogP contribution is 2.32. The maximum absolute atomic E-state index is 11.8. The molecule has 0 aliphatic carbocycles. The summed E-state index contributed by atoms with van der Waals surface area (Å²) < 4.78 is 11.0. The molecule has 118 valence electrons. The van der Waals surface area contributed by atoms with Crippen LogP contribution in [0.25, 0.3) is 11.4 Å². The van der Waals surface area contributed by atoms with Gasteiger partial charge in [0.25, 0.3) is 0 Å². The molecule has 0 saturated heterocycles. The summed E-state index contributed by atoms with van der Waals surface area (Å²) in [5.74, 6) is 0.862. The molecule has 22 heavy (non-hydrogen) atoms. The normalized spacial score (nSPS) is 11.4. The highest BCUT2D eigenvalue weighted by Gasteiger charge is 2.19. The van der Waals surface area contributed by atoms with E-state index >= 15 is 0 Å². The number of ether oxygens (including phenoxy) is 1. The van der Waals surface area contributed by atoms with Crippen LogP contribution in [0.15, 0.2) is 16.7 Å². The summed E-state index contributed by atoms with van der Waals surface area (Å²) in [6, 6.07) is 3.41. The topological polar surface area (TPSA) is 77.2 Å². The first-order chi connectivity index (χ1) is 10.2. The summed E-state index contributed by atoms with van der Waals surface area (Å²) in [7, 11) is 0. The number of carbonyl (C=O) groups is 1. The second-order valence-electron chi connectivity index (χ2n) is 5.58. The Kier molecular flexibility index (Phi) is 4.96. The van der Waals surface area contributed by atoms with Crippen LogP contribution in [0.5, 0.6) is 0 Å². The van der Waals surface area contributed by atoms with Crippen LogP contribution in [0, 0.1) is 10.5 Å². The second kappa shape index (κ2) is 6.41. The molecule has 1 aromatic carbocycles. The van der Waals surface area contributed by atoms with Gasteiger partial charge < -0.3 is 9.26 Å². The predicted octanol–water partition coefficient (Wildman–Crippen LogP) is 4.65. The third-order valence-electron chi connectivity index (χ3n) is 2.46. The molecule has 0 radical (unpaired) electrons. The molecule has 1 aromatic heterocycles. The minimum atomic E-state index is -0.568. The Labute approximate surface area is 146 Å². The third-order valence-corrected chi connectivity index (χ3v) is 3.67. The van der Waals surface area contributed by atoms with Gasteiger partial charge >= 0.3 is 6.09 Å². The fraction of sp³-hybridized carbons (Fsp3) is 0.357. The van der Waals surface area contributed by atoms with Crippen molar-refractivity contribution in [1.82, 2.24) is 10.1 Å². The SMILES string of the molecule is Cc1nc(-c2cc(I)c(NC(=O)OC(C)(C)C)cc2Cl)no1. The van der Waals surface area contributed by atoms with Crippen LogP contribution >= 0.6 is 34.2 Å². The van der Waals surface area contributed by atoms with E-state index in [0.717, 1.165) is 3.57 Å². The molecule has 2 rings (SSSR count). The van der Waals surface area contributed by atoms with Gasteiger partial charge in [-0.3, -0.25) is 5.32 Å². The number of amides is 1. The monoisotopic (exact) mass is 435 g/mol. The molecule has 0 bridgehead atoms. The summed E-state index contributed by atoms with van der Waals surface area (Å²) in [5, 5.41) is 6.92. The molecule has 6 nitrogen and oxygen atoms in total. The Morgan fingerprint density at radius 1 is 1.41 bits per heavy atom. The van der Waals surface area contributed by atoms with Gasteiger partial charge in [0, 0.05) is 16.1 Å². The number of nitrogens with zero attached hydrogens (tertiary/aromatic N) is 2. The van der Waals surface area contributed by atoms with Gasteiger partial charge in [0.05, 0.1) is 10.7 Å². The zero-order valence-electron chi connectivity index (χ0n) is 12.5. The first kappa shape index (κ1) is 17.0. The van der Waals surface area contributed by atoms with Gasteiger partial charge in [-0.15, -0.1) is 0 Å². The predicted molar refractivity (Wildman–Crippen MR) is 92.1 cm³/mol. The first-order valence-corrected chi connectivity index (χ1v) is 7.91. The van der Waals surface area contributed by atoms with Crippen molar-refractivity contribution in [2.24, 2.45) is 0 Å². The molecule has 2 aromatic rings. The van der Waals surface area contributed by atoms with E-state index in [9.17, 15) is 4.79 Å². The summed E-state index contributed by atoms with van der Waals surface area (Å²) in [6.07, 6.45) is -0.537. The average molecular weight is 436 g/mol.